The SMILES string of the molecule is COc1ccc(C(=O)OCC(=O)c2cc(C)n(C3CCS(=O)(=O)C3)c2C)cc1S(N)(=O)=O. The average molecular weight is 485 g/mol. The Hall–Kier alpha value is -2.70. The number of methoxy groups -OCH3 is 1. The molecule has 3 rings (SSSR count). The van der Waals surface area contributed by atoms with Crippen LogP contribution in [-0.2, 0) is 24.6 Å². The summed E-state index contributed by atoms with van der Waals surface area (Å²) < 4.78 is 58.9. The number of ketones is 1. The molecule has 2 heterocycles. The molecule has 1 aromatic carbocycles. The van der Waals surface area contributed by atoms with E-state index < -0.39 is 38.2 Å². The van der Waals surface area contributed by atoms with Gasteiger partial charge in [-0.05, 0) is 44.5 Å². The number of benzene rings is 1. The van der Waals surface area contributed by atoms with Crippen molar-refractivity contribution in [1.82, 2.24) is 4.57 Å². The maximum atomic E-state index is 12.7. The number of nitrogens with two attached hydrogens (primary N) is 1. The number of sulfone groups is 1. The molecule has 0 saturated carbocycles. The Labute approximate surface area is 186 Å². The van der Waals surface area contributed by atoms with Gasteiger partial charge in [0.1, 0.15) is 10.6 Å². The maximum absolute atomic E-state index is 12.7. The summed E-state index contributed by atoms with van der Waals surface area (Å²) in [6.45, 7) is 2.94. The van der Waals surface area contributed by atoms with Crippen LogP contribution in [-0.4, -0.2) is 58.4 Å². The molecule has 0 spiro atoms. The molecule has 0 amide bonds. The van der Waals surface area contributed by atoms with Crippen LogP contribution in [0.2, 0.25) is 0 Å². The topological polar surface area (TPSA) is 152 Å². The molecule has 12 heteroatoms. The zero-order chi connectivity index (χ0) is 23.8. The van der Waals surface area contributed by atoms with Gasteiger partial charge < -0.3 is 14.0 Å². The number of aryl methyl sites for hydroxylation is 1. The highest BCUT2D eigenvalue weighted by Crippen LogP contribution is 2.29. The van der Waals surface area contributed by atoms with Crippen molar-refractivity contribution < 1.29 is 35.9 Å². The summed E-state index contributed by atoms with van der Waals surface area (Å²) in [4.78, 5) is 24.7. The highest BCUT2D eigenvalue weighted by molar-refractivity contribution is 7.91. The minimum atomic E-state index is -4.15. The number of aromatic nitrogens is 1. The van der Waals surface area contributed by atoms with Crippen LogP contribution < -0.4 is 9.88 Å². The van der Waals surface area contributed by atoms with Gasteiger partial charge in [-0.1, -0.05) is 0 Å². The molecule has 1 aliphatic rings. The fourth-order valence-electron chi connectivity index (χ4n) is 3.92. The zero-order valence-electron chi connectivity index (χ0n) is 17.8. The molecule has 174 valence electrons. The Morgan fingerprint density at radius 1 is 1.22 bits per heavy atom. The molecule has 2 aromatic rings. The molecule has 32 heavy (non-hydrogen) atoms. The van der Waals surface area contributed by atoms with Crippen LogP contribution in [0.25, 0.3) is 0 Å². The lowest BCUT2D eigenvalue weighted by atomic mass is 10.1. The monoisotopic (exact) mass is 484 g/mol. The fourth-order valence-corrected chi connectivity index (χ4v) is 6.34. The predicted octanol–water partition coefficient (Wildman–Crippen LogP) is 1.16. The first kappa shape index (κ1) is 24.0. The average Bonchev–Trinajstić information content (AvgIpc) is 3.22. The first-order chi connectivity index (χ1) is 14.8. The normalized spacial score (nSPS) is 17.8. The Bertz CT molecular complexity index is 1290. The molecular formula is C20H24N2O8S2. The summed E-state index contributed by atoms with van der Waals surface area (Å²) in [6, 6.07) is 4.99. The molecule has 1 fully saturated rings. The lowest BCUT2D eigenvalue weighted by Gasteiger charge is -2.16. The molecule has 10 nitrogen and oxygen atoms in total. The van der Waals surface area contributed by atoms with Crippen LogP contribution in [0.5, 0.6) is 5.75 Å². The number of Topliss-reactive ketones (excluding diaryl/α,β-unsaturated/α-hetero) is 1. The standard InChI is InChI=1S/C20H24N2O8S2/c1-12-8-16(13(2)22(12)15-6-7-31(25,26)11-15)17(23)10-30-20(24)14-4-5-18(29-3)19(9-14)32(21,27)28/h4-5,8-9,15H,6-7,10-11H2,1-3H3,(H2,21,27,28). The zero-order valence-corrected chi connectivity index (χ0v) is 19.5. The fraction of sp³-hybridized carbons (Fsp3) is 0.400. The number of sulfonamides is 1. The minimum absolute atomic E-state index is 0.0236. The van der Waals surface area contributed by atoms with E-state index in [9.17, 15) is 26.4 Å². The van der Waals surface area contributed by atoms with Crippen molar-refractivity contribution in [2.75, 3.05) is 25.2 Å². The number of esters is 1. The molecule has 1 saturated heterocycles. The Morgan fingerprint density at radius 2 is 1.91 bits per heavy atom. The number of rotatable bonds is 7. The van der Waals surface area contributed by atoms with Crippen molar-refractivity contribution in [3.05, 3.63) is 46.8 Å². The number of nitrogens with zero attached hydrogens (tertiary/aromatic N) is 1. The van der Waals surface area contributed by atoms with Gasteiger partial charge in [0.2, 0.25) is 15.8 Å². The molecule has 0 radical (unpaired) electrons. The van der Waals surface area contributed by atoms with Gasteiger partial charge in [0.05, 0.1) is 24.2 Å². The number of carbonyl (C=O) groups excluding carboxylic acids is 2. The van der Waals surface area contributed by atoms with Crippen LogP contribution in [0.1, 0.15) is 44.6 Å². The summed E-state index contributed by atoms with van der Waals surface area (Å²) in [5.41, 5.74) is 1.57. The third-order valence-electron chi connectivity index (χ3n) is 5.40. The molecule has 0 bridgehead atoms. The van der Waals surface area contributed by atoms with E-state index in [0.717, 1.165) is 11.8 Å². The number of hydrogen-bond acceptors (Lipinski definition) is 8. The van der Waals surface area contributed by atoms with Crippen molar-refractivity contribution in [2.45, 2.75) is 31.2 Å². The smallest absolute Gasteiger partial charge is 0.338 e. The highest BCUT2D eigenvalue weighted by atomic mass is 32.2. The second kappa shape index (κ2) is 8.68. The van der Waals surface area contributed by atoms with E-state index in [0.29, 0.717) is 17.7 Å². The molecule has 0 aliphatic carbocycles. The molecule has 1 aliphatic heterocycles. The van der Waals surface area contributed by atoms with Gasteiger partial charge in [0, 0.05) is 23.0 Å². The van der Waals surface area contributed by atoms with Crippen molar-refractivity contribution in [2.24, 2.45) is 5.14 Å². The van der Waals surface area contributed by atoms with Gasteiger partial charge in [0.25, 0.3) is 0 Å². The van der Waals surface area contributed by atoms with E-state index in [1.54, 1.807) is 19.9 Å². The van der Waals surface area contributed by atoms with E-state index in [2.05, 4.69) is 0 Å². The second-order valence-electron chi connectivity index (χ2n) is 7.62. The first-order valence-corrected chi connectivity index (χ1v) is 13.0. The lowest BCUT2D eigenvalue weighted by molar-refractivity contribution is 0.0474. The van der Waals surface area contributed by atoms with Crippen LogP contribution in [0.4, 0.5) is 0 Å². The first-order valence-electron chi connectivity index (χ1n) is 9.64. The van der Waals surface area contributed by atoms with Gasteiger partial charge in [0.15, 0.2) is 16.4 Å². The van der Waals surface area contributed by atoms with Gasteiger partial charge in [-0.3, -0.25) is 4.79 Å². The van der Waals surface area contributed by atoms with Crippen LogP contribution in [0.3, 0.4) is 0 Å². The largest absolute Gasteiger partial charge is 0.495 e. The van der Waals surface area contributed by atoms with Crippen LogP contribution in [0.15, 0.2) is 29.2 Å². The summed E-state index contributed by atoms with van der Waals surface area (Å²) >= 11 is 0. The van der Waals surface area contributed by atoms with E-state index in [1.807, 2.05) is 4.57 Å². The van der Waals surface area contributed by atoms with Crippen LogP contribution in [0, 0.1) is 13.8 Å². The molecule has 1 aromatic heterocycles. The third-order valence-corrected chi connectivity index (χ3v) is 8.08. The second-order valence-corrected chi connectivity index (χ2v) is 11.4. The quantitative estimate of drug-likeness (QED) is 0.454. The van der Waals surface area contributed by atoms with E-state index >= 15 is 0 Å². The van der Waals surface area contributed by atoms with Crippen molar-refractivity contribution >= 4 is 31.6 Å². The maximum Gasteiger partial charge on any atom is 0.338 e. The van der Waals surface area contributed by atoms with E-state index in [1.165, 1.54) is 19.2 Å². The van der Waals surface area contributed by atoms with Crippen molar-refractivity contribution in [1.29, 1.82) is 0 Å². The Morgan fingerprint density at radius 3 is 2.47 bits per heavy atom. The molecule has 2 N–H and O–H groups in total. The van der Waals surface area contributed by atoms with Gasteiger partial charge in [-0.25, -0.2) is 26.8 Å². The summed E-state index contributed by atoms with van der Waals surface area (Å²) in [5, 5.41) is 5.15. The van der Waals surface area contributed by atoms with E-state index in [-0.39, 0.29) is 33.8 Å². The number of carbonyl (C=O) groups is 2. The number of primary sulfonamides is 1. The van der Waals surface area contributed by atoms with Crippen molar-refractivity contribution in [3.63, 3.8) is 0 Å². The van der Waals surface area contributed by atoms with Crippen LogP contribution >= 0.6 is 0 Å². The third kappa shape index (κ3) is 4.87. The summed E-state index contributed by atoms with van der Waals surface area (Å²) in [7, 11) is -5.98. The summed E-state index contributed by atoms with van der Waals surface area (Å²) in [6.07, 6.45) is 0.477. The number of hydrogen-bond donors (Lipinski definition) is 1. The molecular weight excluding hydrogens is 460 g/mol. The molecule has 1 atom stereocenters. The lowest BCUT2D eigenvalue weighted by Crippen LogP contribution is -2.18. The Kier molecular flexibility index (Phi) is 6.50. The molecule has 1 unspecified atom stereocenters. The van der Waals surface area contributed by atoms with Gasteiger partial charge in [-0.2, -0.15) is 0 Å². The van der Waals surface area contributed by atoms with Gasteiger partial charge in [-0.15, -0.1) is 0 Å². The van der Waals surface area contributed by atoms with Crippen molar-refractivity contribution in [3.8, 4) is 5.75 Å². The number of ether oxygens (including phenoxy) is 2. The Balaban J connectivity index is 1.75. The summed E-state index contributed by atoms with van der Waals surface area (Å²) in [5.74, 6) is -1.25. The highest BCUT2D eigenvalue weighted by Gasteiger charge is 2.32. The van der Waals surface area contributed by atoms with E-state index in [4.69, 9.17) is 14.6 Å². The minimum Gasteiger partial charge on any atom is -0.495 e. The van der Waals surface area contributed by atoms with Gasteiger partial charge >= 0.3 is 5.97 Å². The predicted molar refractivity (Wildman–Crippen MR) is 115 cm³/mol.